The van der Waals surface area contributed by atoms with Crippen molar-refractivity contribution in [3.05, 3.63) is 144 Å². The minimum atomic E-state index is -0.497. The lowest BCUT2D eigenvalue weighted by Crippen LogP contribution is -2.15. The predicted octanol–water partition coefficient (Wildman–Crippen LogP) is 7.11. The quantitative estimate of drug-likeness (QED) is 0.170. The van der Waals surface area contributed by atoms with Crippen LogP contribution in [0.4, 0.5) is 11.4 Å². The lowest BCUT2D eigenvalue weighted by Gasteiger charge is -2.12. The molecular formula is C35H30N2O5. The standard InChI is InChI=1S/C21H17NO3.C14H13NO2/c1-25-21(24)18-13-12-17(15-8-4-2-5-9-15)14-19(18)22-20(23)16-10-6-3-7-11-16;1-17-14(16)12-8-7-11(9-13(12)15)10-5-3-2-4-6-10/h2-14H,1H3,(H,22,23);2-9H,15H2,1H3. The summed E-state index contributed by atoms with van der Waals surface area (Å²) in [4.78, 5) is 35.9. The molecule has 0 heterocycles. The number of nitrogens with one attached hydrogen (secondary N) is 1. The Balaban J connectivity index is 0.000000208. The molecule has 0 atom stereocenters. The fourth-order valence-corrected chi connectivity index (χ4v) is 4.20. The van der Waals surface area contributed by atoms with Crippen molar-refractivity contribution in [2.45, 2.75) is 0 Å². The molecule has 1 amide bonds. The van der Waals surface area contributed by atoms with E-state index in [2.05, 4.69) is 10.1 Å². The van der Waals surface area contributed by atoms with E-state index in [1.165, 1.54) is 14.2 Å². The van der Waals surface area contributed by atoms with E-state index in [-0.39, 0.29) is 5.91 Å². The normalized spacial score (nSPS) is 10.0. The SMILES string of the molecule is COC(=O)c1ccc(-c2ccccc2)cc1N.COC(=O)c1ccc(-c2ccccc2)cc1NC(=O)c1ccccc1. The topological polar surface area (TPSA) is 108 Å². The summed E-state index contributed by atoms with van der Waals surface area (Å²) >= 11 is 0. The number of rotatable bonds is 6. The number of nitrogen functional groups attached to an aromatic ring is 1. The second-order valence-electron chi connectivity index (χ2n) is 9.10. The minimum absolute atomic E-state index is 0.282. The summed E-state index contributed by atoms with van der Waals surface area (Å²) in [6.45, 7) is 0. The first kappa shape index (κ1) is 29.3. The zero-order chi connectivity index (χ0) is 29.9. The maximum absolute atomic E-state index is 12.5. The zero-order valence-electron chi connectivity index (χ0n) is 23.2. The van der Waals surface area contributed by atoms with Crippen LogP contribution in [0.5, 0.6) is 0 Å². The Kier molecular flexibility index (Phi) is 9.83. The number of ether oxygens (including phenoxy) is 2. The van der Waals surface area contributed by atoms with Gasteiger partial charge in [0.05, 0.1) is 31.0 Å². The van der Waals surface area contributed by atoms with Crippen LogP contribution in [0.1, 0.15) is 31.1 Å². The van der Waals surface area contributed by atoms with E-state index < -0.39 is 11.9 Å². The maximum atomic E-state index is 12.5. The van der Waals surface area contributed by atoms with Crippen LogP contribution in [-0.4, -0.2) is 32.1 Å². The van der Waals surface area contributed by atoms with Gasteiger partial charge in [0.1, 0.15) is 0 Å². The highest BCUT2D eigenvalue weighted by Gasteiger charge is 2.16. The Labute approximate surface area is 244 Å². The number of carbonyl (C=O) groups is 3. The largest absolute Gasteiger partial charge is 0.465 e. The van der Waals surface area contributed by atoms with Crippen LogP contribution in [0, 0.1) is 0 Å². The lowest BCUT2D eigenvalue weighted by atomic mass is 10.0. The molecule has 42 heavy (non-hydrogen) atoms. The van der Waals surface area contributed by atoms with E-state index in [0.717, 1.165) is 22.3 Å². The van der Waals surface area contributed by atoms with Crippen molar-refractivity contribution in [1.82, 2.24) is 0 Å². The smallest absolute Gasteiger partial charge is 0.339 e. The highest BCUT2D eigenvalue weighted by molar-refractivity contribution is 6.08. The number of hydrogen-bond acceptors (Lipinski definition) is 6. The van der Waals surface area contributed by atoms with E-state index in [0.29, 0.717) is 28.1 Å². The van der Waals surface area contributed by atoms with Crippen LogP contribution in [-0.2, 0) is 9.47 Å². The third-order valence-electron chi connectivity index (χ3n) is 6.38. The van der Waals surface area contributed by atoms with Crippen LogP contribution in [0.25, 0.3) is 22.3 Å². The van der Waals surface area contributed by atoms with Gasteiger partial charge in [-0.1, -0.05) is 91.0 Å². The first-order chi connectivity index (χ1) is 20.4. The third kappa shape index (κ3) is 7.28. The molecule has 0 fully saturated rings. The Morgan fingerprint density at radius 2 is 1.00 bits per heavy atom. The van der Waals surface area contributed by atoms with E-state index in [1.54, 1.807) is 48.5 Å². The van der Waals surface area contributed by atoms with Gasteiger partial charge in [-0.25, -0.2) is 9.59 Å². The summed E-state index contributed by atoms with van der Waals surface area (Å²) in [5.41, 5.74) is 11.8. The van der Waals surface area contributed by atoms with Gasteiger partial charge in [-0.15, -0.1) is 0 Å². The number of esters is 2. The number of hydrogen-bond donors (Lipinski definition) is 2. The fraction of sp³-hybridized carbons (Fsp3) is 0.0571. The van der Waals surface area contributed by atoms with Gasteiger partial charge in [0.25, 0.3) is 5.91 Å². The molecule has 0 unspecified atom stereocenters. The molecule has 5 rings (SSSR count). The maximum Gasteiger partial charge on any atom is 0.339 e. The average molecular weight is 559 g/mol. The molecule has 0 saturated heterocycles. The number of methoxy groups -OCH3 is 2. The van der Waals surface area contributed by atoms with Crippen molar-refractivity contribution in [2.75, 3.05) is 25.3 Å². The minimum Gasteiger partial charge on any atom is -0.465 e. The molecule has 0 bridgehead atoms. The van der Waals surface area contributed by atoms with Crippen LogP contribution in [0.2, 0.25) is 0 Å². The van der Waals surface area contributed by atoms with Gasteiger partial charge in [0.15, 0.2) is 0 Å². The van der Waals surface area contributed by atoms with E-state index in [4.69, 9.17) is 10.5 Å². The molecule has 0 spiro atoms. The highest BCUT2D eigenvalue weighted by Crippen LogP contribution is 2.27. The van der Waals surface area contributed by atoms with Gasteiger partial charge >= 0.3 is 11.9 Å². The number of nitrogens with two attached hydrogens (primary N) is 1. The van der Waals surface area contributed by atoms with Gasteiger partial charge in [0.2, 0.25) is 0 Å². The number of benzene rings is 5. The first-order valence-electron chi connectivity index (χ1n) is 13.1. The molecule has 0 aliphatic rings. The summed E-state index contributed by atoms with van der Waals surface area (Å²) in [5.74, 6) is -1.19. The van der Waals surface area contributed by atoms with Crippen molar-refractivity contribution in [2.24, 2.45) is 0 Å². The second-order valence-corrected chi connectivity index (χ2v) is 9.10. The molecule has 3 N–H and O–H groups in total. The lowest BCUT2D eigenvalue weighted by molar-refractivity contribution is 0.0593. The molecule has 5 aromatic carbocycles. The highest BCUT2D eigenvalue weighted by atomic mass is 16.5. The van der Waals surface area contributed by atoms with Gasteiger partial charge in [-0.3, -0.25) is 4.79 Å². The Morgan fingerprint density at radius 1 is 0.548 bits per heavy atom. The molecule has 5 aromatic rings. The fourth-order valence-electron chi connectivity index (χ4n) is 4.20. The Morgan fingerprint density at radius 3 is 1.50 bits per heavy atom. The van der Waals surface area contributed by atoms with E-state index in [9.17, 15) is 14.4 Å². The summed E-state index contributed by atoms with van der Waals surface area (Å²) in [6, 6.07) is 39.0. The monoisotopic (exact) mass is 558 g/mol. The van der Waals surface area contributed by atoms with Gasteiger partial charge in [0, 0.05) is 11.3 Å². The van der Waals surface area contributed by atoms with E-state index in [1.807, 2.05) is 78.9 Å². The third-order valence-corrected chi connectivity index (χ3v) is 6.38. The molecule has 0 aliphatic carbocycles. The van der Waals surface area contributed by atoms with Gasteiger partial charge in [-0.05, 0) is 58.7 Å². The molecule has 7 heteroatoms. The predicted molar refractivity (Wildman–Crippen MR) is 165 cm³/mol. The van der Waals surface area contributed by atoms with E-state index >= 15 is 0 Å². The van der Waals surface area contributed by atoms with Crippen molar-refractivity contribution in [1.29, 1.82) is 0 Å². The molecule has 210 valence electrons. The molecule has 0 saturated carbocycles. The zero-order valence-corrected chi connectivity index (χ0v) is 23.2. The molecule has 7 nitrogen and oxygen atoms in total. The first-order valence-corrected chi connectivity index (χ1v) is 13.1. The van der Waals surface area contributed by atoms with Crippen molar-refractivity contribution < 1.29 is 23.9 Å². The Hall–Kier alpha value is -5.69. The van der Waals surface area contributed by atoms with Crippen LogP contribution in [0.15, 0.2) is 127 Å². The number of carbonyl (C=O) groups excluding carboxylic acids is 3. The number of anilines is 2. The van der Waals surface area contributed by atoms with Crippen LogP contribution in [0.3, 0.4) is 0 Å². The van der Waals surface area contributed by atoms with Gasteiger partial charge in [-0.2, -0.15) is 0 Å². The van der Waals surface area contributed by atoms with Gasteiger partial charge < -0.3 is 20.5 Å². The van der Waals surface area contributed by atoms with Crippen molar-refractivity contribution >= 4 is 29.2 Å². The average Bonchev–Trinajstić information content (AvgIpc) is 3.05. The van der Waals surface area contributed by atoms with Crippen molar-refractivity contribution in [3.63, 3.8) is 0 Å². The van der Waals surface area contributed by atoms with Crippen LogP contribution >= 0.6 is 0 Å². The summed E-state index contributed by atoms with van der Waals surface area (Å²) in [7, 11) is 2.66. The summed E-state index contributed by atoms with van der Waals surface area (Å²) < 4.78 is 9.46. The molecule has 0 aromatic heterocycles. The van der Waals surface area contributed by atoms with Crippen LogP contribution < -0.4 is 11.1 Å². The molecular weight excluding hydrogens is 528 g/mol. The number of amides is 1. The van der Waals surface area contributed by atoms with Crippen molar-refractivity contribution in [3.8, 4) is 22.3 Å². The molecule has 0 radical (unpaired) electrons. The second kappa shape index (κ2) is 14.1. The summed E-state index contributed by atoms with van der Waals surface area (Å²) in [5, 5.41) is 2.81. The molecule has 0 aliphatic heterocycles. The Bertz CT molecular complexity index is 1670. The summed E-state index contributed by atoms with van der Waals surface area (Å²) in [6.07, 6.45) is 0.